The lowest BCUT2D eigenvalue weighted by molar-refractivity contribution is -0.114. The first-order chi connectivity index (χ1) is 10.2. The standard InChI is InChI=1S/C15H13N3O3/c1-10(19)16-12-6-3-2-5-11(12)9-14-17-15(18-21-14)13-7-4-8-20-13/h2-8H,9H2,1H3,(H,16,19). The number of para-hydroxylation sites is 1. The van der Waals surface area contributed by atoms with E-state index < -0.39 is 0 Å². The van der Waals surface area contributed by atoms with Crippen molar-refractivity contribution in [2.75, 3.05) is 5.32 Å². The van der Waals surface area contributed by atoms with Crippen molar-refractivity contribution in [2.45, 2.75) is 13.3 Å². The summed E-state index contributed by atoms with van der Waals surface area (Å²) in [5, 5.41) is 6.66. The van der Waals surface area contributed by atoms with Gasteiger partial charge in [0.15, 0.2) is 5.76 Å². The van der Waals surface area contributed by atoms with Crippen LogP contribution in [-0.2, 0) is 11.2 Å². The summed E-state index contributed by atoms with van der Waals surface area (Å²) in [5.41, 5.74) is 1.64. The Labute approximate surface area is 120 Å². The van der Waals surface area contributed by atoms with Crippen LogP contribution in [0.4, 0.5) is 5.69 Å². The number of hydrogen-bond acceptors (Lipinski definition) is 5. The molecular weight excluding hydrogens is 270 g/mol. The van der Waals surface area contributed by atoms with E-state index in [-0.39, 0.29) is 5.91 Å². The van der Waals surface area contributed by atoms with Crippen LogP contribution in [0, 0.1) is 0 Å². The summed E-state index contributed by atoms with van der Waals surface area (Å²) in [5.74, 6) is 1.30. The van der Waals surface area contributed by atoms with Gasteiger partial charge in [0.25, 0.3) is 0 Å². The Balaban J connectivity index is 1.82. The minimum atomic E-state index is -0.121. The van der Waals surface area contributed by atoms with Gasteiger partial charge in [-0.05, 0) is 23.8 Å². The molecule has 1 aromatic carbocycles. The number of furan rings is 1. The Bertz CT molecular complexity index is 747. The van der Waals surface area contributed by atoms with E-state index in [1.165, 1.54) is 6.92 Å². The van der Waals surface area contributed by atoms with Crippen LogP contribution in [0.3, 0.4) is 0 Å². The SMILES string of the molecule is CC(=O)Nc1ccccc1Cc1nc(-c2ccco2)no1. The van der Waals surface area contributed by atoms with Gasteiger partial charge in [-0.2, -0.15) is 4.98 Å². The molecule has 1 N–H and O–H groups in total. The molecule has 6 heteroatoms. The quantitative estimate of drug-likeness (QED) is 0.796. The topological polar surface area (TPSA) is 81.2 Å². The molecule has 0 saturated carbocycles. The summed E-state index contributed by atoms with van der Waals surface area (Å²) < 4.78 is 10.4. The molecule has 0 radical (unpaired) electrons. The Kier molecular flexibility index (Phi) is 3.51. The smallest absolute Gasteiger partial charge is 0.238 e. The van der Waals surface area contributed by atoms with Gasteiger partial charge >= 0.3 is 0 Å². The maximum atomic E-state index is 11.2. The van der Waals surface area contributed by atoms with Crippen molar-refractivity contribution in [2.24, 2.45) is 0 Å². The predicted molar refractivity (Wildman–Crippen MR) is 75.6 cm³/mol. The minimum absolute atomic E-state index is 0.121. The fourth-order valence-corrected chi connectivity index (χ4v) is 1.98. The maximum Gasteiger partial charge on any atom is 0.238 e. The summed E-state index contributed by atoms with van der Waals surface area (Å²) in [6.45, 7) is 1.47. The fourth-order valence-electron chi connectivity index (χ4n) is 1.98. The number of rotatable bonds is 4. The lowest BCUT2D eigenvalue weighted by atomic mass is 10.1. The Hall–Kier alpha value is -2.89. The average molecular weight is 283 g/mol. The highest BCUT2D eigenvalue weighted by atomic mass is 16.5. The molecule has 2 aromatic heterocycles. The van der Waals surface area contributed by atoms with Gasteiger partial charge in [0.05, 0.1) is 12.7 Å². The van der Waals surface area contributed by atoms with Gasteiger partial charge in [-0.15, -0.1) is 0 Å². The highest BCUT2D eigenvalue weighted by molar-refractivity contribution is 5.89. The normalized spacial score (nSPS) is 10.5. The number of amides is 1. The number of hydrogen-bond donors (Lipinski definition) is 1. The van der Waals surface area contributed by atoms with Crippen molar-refractivity contribution in [1.82, 2.24) is 10.1 Å². The van der Waals surface area contributed by atoms with Gasteiger partial charge in [-0.1, -0.05) is 23.4 Å². The van der Waals surface area contributed by atoms with E-state index in [1.54, 1.807) is 18.4 Å². The monoisotopic (exact) mass is 283 g/mol. The lowest BCUT2D eigenvalue weighted by Gasteiger charge is -2.07. The second kappa shape index (κ2) is 5.62. The van der Waals surface area contributed by atoms with Crippen molar-refractivity contribution in [3.63, 3.8) is 0 Å². The van der Waals surface area contributed by atoms with Crippen molar-refractivity contribution >= 4 is 11.6 Å². The molecule has 3 aromatic rings. The van der Waals surface area contributed by atoms with Crippen LogP contribution in [0.15, 0.2) is 51.6 Å². The molecule has 2 heterocycles. The Morgan fingerprint density at radius 3 is 2.86 bits per heavy atom. The van der Waals surface area contributed by atoms with Gasteiger partial charge < -0.3 is 14.3 Å². The molecule has 3 rings (SSSR count). The van der Waals surface area contributed by atoms with E-state index in [0.717, 1.165) is 11.3 Å². The van der Waals surface area contributed by atoms with Crippen LogP contribution in [0.1, 0.15) is 18.4 Å². The molecule has 0 aliphatic rings. The summed E-state index contributed by atoms with van der Waals surface area (Å²) in [6.07, 6.45) is 1.99. The zero-order valence-electron chi connectivity index (χ0n) is 11.4. The van der Waals surface area contributed by atoms with Crippen LogP contribution >= 0.6 is 0 Å². The van der Waals surface area contributed by atoms with Crippen molar-refractivity contribution < 1.29 is 13.7 Å². The number of carbonyl (C=O) groups excluding carboxylic acids is 1. The van der Waals surface area contributed by atoms with Crippen molar-refractivity contribution in [3.05, 3.63) is 54.1 Å². The molecule has 0 saturated heterocycles. The van der Waals surface area contributed by atoms with E-state index in [9.17, 15) is 4.79 Å². The molecule has 1 amide bonds. The molecule has 6 nitrogen and oxygen atoms in total. The summed E-state index contributed by atoms with van der Waals surface area (Å²) in [7, 11) is 0. The van der Waals surface area contributed by atoms with Crippen LogP contribution < -0.4 is 5.32 Å². The van der Waals surface area contributed by atoms with Gasteiger partial charge in [-0.25, -0.2) is 0 Å². The van der Waals surface area contributed by atoms with E-state index in [0.29, 0.717) is 23.9 Å². The minimum Gasteiger partial charge on any atom is -0.461 e. The molecule has 0 aliphatic heterocycles. The zero-order chi connectivity index (χ0) is 14.7. The highest BCUT2D eigenvalue weighted by Crippen LogP contribution is 2.21. The largest absolute Gasteiger partial charge is 0.461 e. The number of anilines is 1. The highest BCUT2D eigenvalue weighted by Gasteiger charge is 2.13. The lowest BCUT2D eigenvalue weighted by Crippen LogP contribution is -2.08. The van der Waals surface area contributed by atoms with Gasteiger partial charge in [0, 0.05) is 12.6 Å². The van der Waals surface area contributed by atoms with Crippen LogP contribution in [0.25, 0.3) is 11.6 Å². The second-order valence-corrected chi connectivity index (χ2v) is 4.50. The second-order valence-electron chi connectivity index (χ2n) is 4.50. The first-order valence-electron chi connectivity index (χ1n) is 6.44. The van der Waals surface area contributed by atoms with E-state index in [2.05, 4.69) is 15.5 Å². The fraction of sp³-hybridized carbons (Fsp3) is 0.133. The van der Waals surface area contributed by atoms with Crippen LogP contribution in [0.5, 0.6) is 0 Å². The number of nitrogens with zero attached hydrogens (tertiary/aromatic N) is 2. The predicted octanol–water partition coefficient (Wildman–Crippen LogP) is 2.88. The third-order valence-electron chi connectivity index (χ3n) is 2.88. The number of carbonyl (C=O) groups is 1. The third kappa shape index (κ3) is 3.00. The molecule has 0 bridgehead atoms. The number of nitrogens with one attached hydrogen (secondary N) is 1. The van der Waals surface area contributed by atoms with Crippen molar-refractivity contribution in [3.8, 4) is 11.6 Å². The number of aromatic nitrogens is 2. The molecular formula is C15H13N3O3. The zero-order valence-corrected chi connectivity index (χ0v) is 11.4. The van der Waals surface area contributed by atoms with Crippen molar-refractivity contribution in [1.29, 1.82) is 0 Å². The molecule has 21 heavy (non-hydrogen) atoms. The summed E-state index contributed by atoms with van der Waals surface area (Å²) in [6, 6.07) is 11.0. The van der Waals surface area contributed by atoms with E-state index in [1.807, 2.05) is 24.3 Å². The molecule has 0 fully saturated rings. The number of benzene rings is 1. The average Bonchev–Trinajstić information content (AvgIpc) is 3.11. The van der Waals surface area contributed by atoms with Gasteiger partial charge in [0.2, 0.25) is 17.6 Å². The van der Waals surface area contributed by atoms with Gasteiger partial charge in [-0.3, -0.25) is 4.79 Å². The first-order valence-corrected chi connectivity index (χ1v) is 6.44. The van der Waals surface area contributed by atoms with E-state index >= 15 is 0 Å². The first kappa shape index (κ1) is 13.1. The van der Waals surface area contributed by atoms with Gasteiger partial charge in [0.1, 0.15) is 0 Å². The Morgan fingerprint density at radius 1 is 1.24 bits per heavy atom. The maximum absolute atomic E-state index is 11.2. The molecule has 106 valence electrons. The van der Waals surface area contributed by atoms with Crippen LogP contribution in [0.2, 0.25) is 0 Å². The molecule has 0 aliphatic carbocycles. The third-order valence-corrected chi connectivity index (χ3v) is 2.88. The van der Waals surface area contributed by atoms with E-state index in [4.69, 9.17) is 8.94 Å². The molecule has 0 atom stereocenters. The molecule has 0 unspecified atom stereocenters. The summed E-state index contributed by atoms with van der Waals surface area (Å²) >= 11 is 0. The van der Waals surface area contributed by atoms with Crippen LogP contribution in [-0.4, -0.2) is 16.0 Å². The summed E-state index contributed by atoms with van der Waals surface area (Å²) in [4.78, 5) is 15.5. The Morgan fingerprint density at radius 2 is 2.10 bits per heavy atom. The molecule has 0 spiro atoms.